The molecule has 7 nitrogen and oxygen atoms in total. The highest BCUT2D eigenvalue weighted by Crippen LogP contribution is 2.55. The van der Waals surface area contributed by atoms with Crippen LogP contribution in [0, 0.1) is 5.92 Å². The summed E-state index contributed by atoms with van der Waals surface area (Å²) < 4.78 is 17.4. The van der Waals surface area contributed by atoms with Crippen molar-refractivity contribution in [3.63, 3.8) is 0 Å². The molecule has 3 aliphatic rings. The number of ether oxygens (including phenoxy) is 2. The van der Waals surface area contributed by atoms with Gasteiger partial charge in [-0.2, -0.15) is 0 Å². The molecular formula is C31H28Cl3NO6. The summed E-state index contributed by atoms with van der Waals surface area (Å²) in [6, 6.07) is 10.1. The van der Waals surface area contributed by atoms with Crippen molar-refractivity contribution in [1.29, 1.82) is 0 Å². The first kappa shape index (κ1) is 28.2. The number of nitrogens with zero attached hydrogens (tertiary/aromatic N) is 1. The highest BCUT2D eigenvalue weighted by atomic mass is 35.5. The number of hydrogen-bond acceptors (Lipinski definition) is 6. The molecule has 2 saturated carbocycles. The summed E-state index contributed by atoms with van der Waals surface area (Å²) >= 11 is 19.7. The van der Waals surface area contributed by atoms with E-state index in [0.717, 1.165) is 29.7 Å². The molecule has 0 amide bonds. The van der Waals surface area contributed by atoms with Gasteiger partial charge in [-0.05, 0) is 86.1 Å². The number of allylic oxidation sites excluding steroid dienone is 2. The van der Waals surface area contributed by atoms with Crippen molar-refractivity contribution < 1.29 is 29.0 Å². The zero-order chi connectivity index (χ0) is 28.9. The predicted octanol–water partition coefficient (Wildman–Crippen LogP) is 8.08. The third-order valence-corrected chi connectivity index (χ3v) is 9.28. The molecule has 1 aromatic heterocycles. The van der Waals surface area contributed by atoms with Crippen molar-refractivity contribution in [2.75, 3.05) is 7.11 Å². The van der Waals surface area contributed by atoms with Crippen LogP contribution in [0.4, 0.5) is 0 Å². The molecular weight excluding hydrogens is 589 g/mol. The van der Waals surface area contributed by atoms with Gasteiger partial charge in [-0.1, -0.05) is 46.0 Å². The zero-order valence-corrected chi connectivity index (χ0v) is 24.5. The first-order chi connectivity index (χ1) is 19.7. The third kappa shape index (κ3) is 5.37. The molecule has 3 aliphatic carbocycles. The van der Waals surface area contributed by atoms with E-state index in [9.17, 15) is 15.0 Å². The van der Waals surface area contributed by atoms with E-state index in [2.05, 4.69) is 5.16 Å². The average Bonchev–Trinajstić information content (AvgIpc) is 3.69. The maximum Gasteiger partial charge on any atom is 0.335 e. The Morgan fingerprint density at radius 1 is 1.12 bits per heavy atom. The third-order valence-electron chi connectivity index (χ3n) is 8.28. The second-order valence-corrected chi connectivity index (χ2v) is 12.2. The van der Waals surface area contributed by atoms with Gasteiger partial charge in [0, 0.05) is 22.4 Å². The minimum Gasteiger partial charge on any atom is -0.496 e. The number of aliphatic hydroxyl groups is 1. The Hall–Kier alpha value is -2.97. The molecule has 2 fully saturated rings. The molecule has 3 aromatic rings. The van der Waals surface area contributed by atoms with Crippen molar-refractivity contribution >= 4 is 40.8 Å². The minimum absolute atomic E-state index is 0.0372. The van der Waals surface area contributed by atoms with Crippen molar-refractivity contribution in [3.8, 4) is 17.0 Å². The van der Waals surface area contributed by atoms with Gasteiger partial charge in [-0.3, -0.25) is 0 Å². The summed E-state index contributed by atoms with van der Waals surface area (Å²) in [5.74, 6) is 0.965. The highest BCUT2D eigenvalue weighted by molar-refractivity contribution is 6.39. The van der Waals surface area contributed by atoms with E-state index in [4.69, 9.17) is 48.8 Å². The predicted molar refractivity (Wildman–Crippen MR) is 156 cm³/mol. The molecule has 1 atom stereocenters. The molecule has 2 N–H and O–H groups in total. The van der Waals surface area contributed by atoms with Crippen LogP contribution in [-0.4, -0.2) is 34.0 Å². The maximum atomic E-state index is 11.5. The van der Waals surface area contributed by atoms with Gasteiger partial charge in [0.15, 0.2) is 0 Å². The normalized spacial score (nSPS) is 23.8. The number of rotatable bonds is 9. The first-order valence-corrected chi connectivity index (χ1v) is 14.6. The topological polar surface area (TPSA) is 102 Å². The van der Waals surface area contributed by atoms with E-state index in [-0.39, 0.29) is 24.0 Å². The monoisotopic (exact) mass is 615 g/mol. The van der Waals surface area contributed by atoms with Crippen molar-refractivity contribution in [1.82, 2.24) is 5.16 Å². The minimum atomic E-state index is -1.02. The van der Waals surface area contributed by atoms with Crippen LogP contribution in [-0.2, 0) is 11.3 Å². The number of methoxy groups -OCH3 is 1. The number of carboxylic acid groups (broad SMARTS) is 1. The second kappa shape index (κ2) is 11.0. The SMILES string of the molecule is COc1ccc(C(=O)O)cc1[C@H]1C[C@](O)(C2CC=C(OCc3c(-c4c(Cl)cccc4Cl)noc3C3CC3)C=C2Cl)C1. The molecule has 10 heteroatoms. The van der Waals surface area contributed by atoms with Crippen molar-refractivity contribution in [3.05, 3.63) is 91.8 Å². The fourth-order valence-corrected chi connectivity index (χ4v) is 6.88. The summed E-state index contributed by atoms with van der Waals surface area (Å²) in [6.45, 7) is 0.204. The van der Waals surface area contributed by atoms with E-state index >= 15 is 0 Å². The fourth-order valence-electron chi connectivity index (χ4n) is 5.91. The van der Waals surface area contributed by atoms with Crippen LogP contribution in [0.2, 0.25) is 10.0 Å². The van der Waals surface area contributed by atoms with Gasteiger partial charge in [-0.15, -0.1) is 0 Å². The smallest absolute Gasteiger partial charge is 0.335 e. The zero-order valence-electron chi connectivity index (χ0n) is 22.2. The number of aromatic nitrogens is 1. The molecule has 0 radical (unpaired) electrons. The van der Waals surface area contributed by atoms with Crippen LogP contribution in [0.1, 0.15) is 71.2 Å². The van der Waals surface area contributed by atoms with E-state index in [0.29, 0.717) is 63.0 Å². The Morgan fingerprint density at radius 3 is 2.49 bits per heavy atom. The molecule has 0 aliphatic heterocycles. The molecule has 0 bridgehead atoms. The van der Waals surface area contributed by atoms with Crippen molar-refractivity contribution in [2.45, 2.75) is 56.1 Å². The Bertz CT molecular complexity index is 1550. The molecule has 2 aromatic carbocycles. The van der Waals surface area contributed by atoms with Crippen LogP contribution in [0.3, 0.4) is 0 Å². The fraction of sp³-hybridized carbons (Fsp3) is 0.355. The summed E-state index contributed by atoms with van der Waals surface area (Å²) in [7, 11) is 1.55. The number of halogens is 3. The van der Waals surface area contributed by atoms with Gasteiger partial charge in [0.2, 0.25) is 0 Å². The lowest BCUT2D eigenvalue weighted by molar-refractivity contribution is -0.0839. The first-order valence-electron chi connectivity index (χ1n) is 13.4. The van der Waals surface area contributed by atoms with Gasteiger partial charge in [0.05, 0.1) is 33.9 Å². The number of aromatic carboxylic acids is 1. The molecule has 1 heterocycles. The Labute approximate surface area is 252 Å². The van der Waals surface area contributed by atoms with Gasteiger partial charge in [0.1, 0.15) is 29.6 Å². The van der Waals surface area contributed by atoms with Crippen LogP contribution in [0.15, 0.2) is 63.9 Å². The van der Waals surface area contributed by atoms with E-state index in [1.54, 1.807) is 43.5 Å². The van der Waals surface area contributed by atoms with Gasteiger partial charge in [0.25, 0.3) is 0 Å². The van der Waals surface area contributed by atoms with E-state index in [1.165, 1.54) is 6.07 Å². The summed E-state index contributed by atoms with van der Waals surface area (Å²) in [5.41, 5.74) is 1.95. The van der Waals surface area contributed by atoms with E-state index < -0.39 is 11.6 Å². The number of carboxylic acids is 1. The molecule has 0 spiro atoms. The van der Waals surface area contributed by atoms with E-state index in [1.807, 2.05) is 6.08 Å². The lowest BCUT2D eigenvalue weighted by Crippen LogP contribution is -2.49. The lowest BCUT2D eigenvalue weighted by atomic mass is 9.61. The lowest BCUT2D eigenvalue weighted by Gasteiger charge is -2.49. The number of carbonyl (C=O) groups is 1. The van der Waals surface area contributed by atoms with Crippen LogP contribution < -0.4 is 4.74 Å². The Balaban J connectivity index is 1.15. The van der Waals surface area contributed by atoms with Crippen LogP contribution in [0.5, 0.6) is 5.75 Å². The van der Waals surface area contributed by atoms with Gasteiger partial charge < -0.3 is 24.2 Å². The molecule has 0 saturated heterocycles. The Kier molecular flexibility index (Phi) is 7.57. The second-order valence-electron chi connectivity index (χ2n) is 10.9. The Morgan fingerprint density at radius 2 is 1.85 bits per heavy atom. The largest absolute Gasteiger partial charge is 0.496 e. The average molecular weight is 617 g/mol. The summed E-state index contributed by atoms with van der Waals surface area (Å²) in [4.78, 5) is 11.5. The molecule has 6 rings (SSSR count). The quantitative estimate of drug-likeness (QED) is 0.251. The summed E-state index contributed by atoms with van der Waals surface area (Å²) in [5, 5.41) is 26.7. The number of benzene rings is 2. The molecule has 1 unspecified atom stereocenters. The number of hydrogen-bond donors (Lipinski definition) is 2. The van der Waals surface area contributed by atoms with Gasteiger partial charge in [-0.25, -0.2) is 4.79 Å². The van der Waals surface area contributed by atoms with Crippen molar-refractivity contribution in [2.24, 2.45) is 5.92 Å². The van der Waals surface area contributed by atoms with Crippen LogP contribution in [0.25, 0.3) is 11.3 Å². The summed E-state index contributed by atoms with van der Waals surface area (Å²) in [6.07, 6.45) is 7.12. The van der Waals surface area contributed by atoms with Gasteiger partial charge >= 0.3 is 5.97 Å². The highest BCUT2D eigenvalue weighted by Gasteiger charge is 2.50. The molecule has 41 heavy (non-hydrogen) atoms. The van der Waals surface area contributed by atoms with Crippen LogP contribution >= 0.6 is 34.8 Å². The standard InChI is InChI=1S/C31H28Cl3NO6/c1-39-26-10-7-17(30(36)37)11-20(26)18-13-31(38,14-18)22-9-8-19(12-25(22)34)40-15-21-28(35-41-29(21)16-5-6-16)27-23(32)3-2-4-24(27)33/h2-4,7-8,10-12,16,18,22,38H,5-6,9,13-15H2,1H3,(H,36,37)/t18-,22?,31+. The molecule has 214 valence electrons. The maximum absolute atomic E-state index is 11.5.